The van der Waals surface area contributed by atoms with Crippen LogP contribution in [0.5, 0.6) is 17.4 Å². The Labute approximate surface area is 229 Å². The van der Waals surface area contributed by atoms with Crippen molar-refractivity contribution in [1.29, 1.82) is 0 Å². The molecule has 8 nitrogen and oxygen atoms in total. The number of carbonyl (C=O) groups excluding carboxylic acids is 1. The van der Waals surface area contributed by atoms with E-state index in [0.717, 1.165) is 35.6 Å². The normalized spacial score (nSPS) is 14.6. The molecule has 4 aromatic rings. The van der Waals surface area contributed by atoms with Crippen molar-refractivity contribution >= 4 is 32.0 Å². The zero-order valence-electron chi connectivity index (χ0n) is 22.5. The van der Waals surface area contributed by atoms with Gasteiger partial charge in [0, 0.05) is 18.6 Å². The van der Waals surface area contributed by atoms with Gasteiger partial charge in [-0.15, -0.1) is 0 Å². The molecular formula is C30H33N3O5S. The van der Waals surface area contributed by atoms with E-state index in [1.807, 2.05) is 25.1 Å². The lowest BCUT2D eigenvalue weighted by atomic mass is 10.0. The van der Waals surface area contributed by atoms with Gasteiger partial charge in [-0.2, -0.15) is 9.46 Å². The Hall–Kier alpha value is -3.85. The molecule has 0 N–H and O–H groups in total. The summed E-state index contributed by atoms with van der Waals surface area (Å²) in [5.74, 6) is 1.75. The molecule has 0 unspecified atom stereocenters. The molecule has 0 aliphatic carbocycles. The Balaban J connectivity index is 1.49. The summed E-state index contributed by atoms with van der Waals surface area (Å²) in [5, 5.41) is 6.56. The van der Waals surface area contributed by atoms with Crippen molar-refractivity contribution in [2.75, 3.05) is 25.2 Å². The van der Waals surface area contributed by atoms with Crippen molar-refractivity contribution in [3.63, 3.8) is 0 Å². The summed E-state index contributed by atoms with van der Waals surface area (Å²) in [5.41, 5.74) is 1.87. The second-order valence-corrected chi connectivity index (χ2v) is 12.1. The monoisotopic (exact) mass is 547 g/mol. The van der Waals surface area contributed by atoms with Crippen LogP contribution in [0.2, 0.25) is 0 Å². The number of hydrogen-bond acceptors (Lipinski definition) is 7. The molecule has 2 heterocycles. The lowest BCUT2D eigenvalue weighted by molar-refractivity contribution is 0.103. The fourth-order valence-electron chi connectivity index (χ4n) is 4.87. The third-order valence-electron chi connectivity index (χ3n) is 6.85. The zero-order chi connectivity index (χ0) is 27.4. The molecule has 0 saturated carbocycles. The number of nitrogens with zero attached hydrogens (tertiary/aromatic N) is 3. The molecular weight excluding hydrogens is 514 g/mol. The fraction of sp³-hybridized carbons (Fsp3) is 0.333. The minimum atomic E-state index is -2.47. The van der Waals surface area contributed by atoms with Crippen molar-refractivity contribution < 1.29 is 23.2 Å². The molecule has 204 valence electrons. The van der Waals surface area contributed by atoms with Crippen molar-refractivity contribution in [3.05, 3.63) is 77.5 Å². The van der Waals surface area contributed by atoms with Crippen molar-refractivity contribution in [1.82, 2.24) is 9.78 Å². The molecule has 1 aromatic heterocycles. The molecule has 0 amide bonds. The van der Waals surface area contributed by atoms with E-state index in [9.17, 15) is 9.00 Å². The number of rotatable bonds is 9. The molecule has 1 aliphatic rings. The highest BCUT2D eigenvalue weighted by Gasteiger charge is 2.27. The zero-order valence-corrected chi connectivity index (χ0v) is 23.3. The topological polar surface area (TPSA) is 92.0 Å². The highest BCUT2D eigenvalue weighted by atomic mass is 32.2. The van der Waals surface area contributed by atoms with Gasteiger partial charge in [0.05, 0.1) is 35.2 Å². The molecule has 1 saturated heterocycles. The van der Waals surface area contributed by atoms with E-state index in [0.29, 0.717) is 41.0 Å². The van der Waals surface area contributed by atoms with Crippen LogP contribution in [0.3, 0.4) is 0 Å². The first-order chi connectivity index (χ1) is 18.9. The first-order valence-electron chi connectivity index (χ1n) is 13.2. The fourth-order valence-corrected chi connectivity index (χ4v) is 7.07. The van der Waals surface area contributed by atoms with Crippen LogP contribution in [0, 0.1) is 0 Å². The lowest BCUT2D eigenvalue weighted by Gasteiger charge is -2.19. The van der Waals surface area contributed by atoms with E-state index in [-0.39, 0.29) is 23.7 Å². The van der Waals surface area contributed by atoms with Gasteiger partial charge in [0.1, 0.15) is 17.9 Å². The maximum Gasteiger partial charge on any atom is 0.223 e. The Morgan fingerprint density at radius 2 is 1.77 bits per heavy atom. The van der Waals surface area contributed by atoms with Crippen LogP contribution in [-0.4, -0.2) is 45.0 Å². The summed E-state index contributed by atoms with van der Waals surface area (Å²) < 4.78 is 37.4. The first kappa shape index (κ1) is 26.7. The Morgan fingerprint density at radius 3 is 2.51 bits per heavy atom. The number of carbonyl (C=O) groups is 1. The van der Waals surface area contributed by atoms with Gasteiger partial charge < -0.3 is 14.2 Å². The SMILES string of the molecule is CCOc1ccc(C(=O)c2cnn(C)c2OCc2ccc3ccccc3c2)c(OC)c1N=S1(=O)CCCCC1. The average Bonchev–Trinajstić information content (AvgIpc) is 3.32. The number of aromatic nitrogens is 2. The second-order valence-electron chi connectivity index (χ2n) is 9.55. The Bertz CT molecular complexity index is 1620. The summed E-state index contributed by atoms with van der Waals surface area (Å²) in [7, 11) is 0.743. The number of methoxy groups -OCH3 is 1. The van der Waals surface area contributed by atoms with E-state index in [4.69, 9.17) is 14.2 Å². The van der Waals surface area contributed by atoms with Crippen LogP contribution in [-0.2, 0) is 23.4 Å². The van der Waals surface area contributed by atoms with Crippen molar-refractivity contribution in [2.45, 2.75) is 32.8 Å². The standard InChI is InChI=1S/C30H33N3O5S/c1-4-37-26-15-14-24(29(36-3)27(26)32-39(35)16-8-5-9-17-39)28(34)25-19-31-33(2)30(25)38-20-21-12-13-22-10-6-7-11-23(22)18-21/h6-7,10-15,18-19H,4-5,8-9,16-17,20H2,1-3H3. The lowest BCUT2D eigenvalue weighted by Crippen LogP contribution is -2.16. The number of hydrogen-bond donors (Lipinski definition) is 0. The number of ketones is 1. The molecule has 0 atom stereocenters. The first-order valence-corrected chi connectivity index (χ1v) is 15.0. The number of fused-ring (bicyclic) bond motifs is 1. The molecule has 9 heteroatoms. The van der Waals surface area contributed by atoms with E-state index in [2.05, 4.69) is 33.7 Å². The molecule has 0 radical (unpaired) electrons. The number of aryl methyl sites for hydroxylation is 1. The predicted octanol–water partition coefficient (Wildman–Crippen LogP) is 6.07. The second kappa shape index (κ2) is 11.5. The van der Waals surface area contributed by atoms with E-state index < -0.39 is 9.73 Å². The van der Waals surface area contributed by atoms with Crippen LogP contribution >= 0.6 is 0 Å². The van der Waals surface area contributed by atoms with Gasteiger partial charge in [0.2, 0.25) is 11.7 Å². The summed E-state index contributed by atoms with van der Waals surface area (Å²) in [6, 6.07) is 17.6. The van der Waals surface area contributed by atoms with Gasteiger partial charge >= 0.3 is 0 Å². The third-order valence-corrected chi connectivity index (χ3v) is 9.21. The molecule has 0 bridgehead atoms. The largest absolute Gasteiger partial charge is 0.494 e. The molecule has 3 aromatic carbocycles. The van der Waals surface area contributed by atoms with Crippen LogP contribution in [0.4, 0.5) is 5.69 Å². The summed E-state index contributed by atoms with van der Waals surface area (Å²) in [4.78, 5) is 13.9. The van der Waals surface area contributed by atoms with Crippen LogP contribution in [0.15, 0.2) is 65.2 Å². The smallest absolute Gasteiger partial charge is 0.223 e. The van der Waals surface area contributed by atoms with Gasteiger partial charge in [0.25, 0.3) is 0 Å². The summed E-state index contributed by atoms with van der Waals surface area (Å²) >= 11 is 0. The molecule has 0 spiro atoms. The maximum absolute atomic E-state index is 13.9. The van der Waals surface area contributed by atoms with E-state index in [1.165, 1.54) is 13.3 Å². The number of benzene rings is 3. The van der Waals surface area contributed by atoms with Crippen LogP contribution < -0.4 is 14.2 Å². The average molecular weight is 548 g/mol. The molecule has 5 rings (SSSR count). The number of ether oxygens (including phenoxy) is 3. The maximum atomic E-state index is 13.9. The minimum absolute atomic E-state index is 0.239. The van der Waals surface area contributed by atoms with E-state index in [1.54, 1.807) is 23.9 Å². The Morgan fingerprint density at radius 1 is 1.00 bits per heavy atom. The molecule has 1 fully saturated rings. The van der Waals surface area contributed by atoms with Gasteiger partial charge in [-0.05, 0) is 54.3 Å². The highest BCUT2D eigenvalue weighted by Crippen LogP contribution is 2.43. The van der Waals surface area contributed by atoms with Crippen molar-refractivity contribution in [3.8, 4) is 17.4 Å². The van der Waals surface area contributed by atoms with Crippen LogP contribution in [0.1, 0.15) is 47.7 Å². The Kier molecular flexibility index (Phi) is 7.88. The third kappa shape index (κ3) is 5.63. The van der Waals surface area contributed by atoms with E-state index >= 15 is 0 Å². The molecule has 39 heavy (non-hydrogen) atoms. The molecule has 1 aliphatic heterocycles. The van der Waals surface area contributed by atoms with Crippen LogP contribution in [0.25, 0.3) is 10.8 Å². The minimum Gasteiger partial charge on any atom is -0.494 e. The van der Waals surface area contributed by atoms with Crippen molar-refractivity contribution in [2.24, 2.45) is 11.4 Å². The quantitative estimate of drug-likeness (QED) is 0.236. The van der Waals surface area contributed by atoms with Gasteiger partial charge in [-0.1, -0.05) is 42.8 Å². The highest BCUT2D eigenvalue weighted by molar-refractivity contribution is 7.93. The summed E-state index contributed by atoms with van der Waals surface area (Å²) in [6.45, 7) is 2.54. The summed E-state index contributed by atoms with van der Waals surface area (Å²) in [6.07, 6.45) is 4.26. The van der Waals surface area contributed by atoms with Gasteiger partial charge in [-0.25, -0.2) is 8.89 Å². The van der Waals surface area contributed by atoms with Gasteiger partial charge in [0.15, 0.2) is 11.4 Å². The predicted molar refractivity (Wildman–Crippen MR) is 153 cm³/mol. The van der Waals surface area contributed by atoms with Gasteiger partial charge in [-0.3, -0.25) is 4.79 Å².